The molecule has 1 amide bonds. The van der Waals surface area contributed by atoms with Gasteiger partial charge in [-0.3, -0.25) is 4.79 Å². The lowest BCUT2D eigenvalue weighted by molar-refractivity contribution is -0.379. The van der Waals surface area contributed by atoms with Gasteiger partial charge in [0, 0.05) is 6.42 Å². The van der Waals surface area contributed by atoms with E-state index in [2.05, 4.69) is 129 Å². The van der Waals surface area contributed by atoms with Crippen molar-refractivity contribution in [1.29, 1.82) is 0 Å². The number of hydrogen-bond donors (Lipinski definition) is 12. The van der Waals surface area contributed by atoms with Crippen molar-refractivity contribution in [3.63, 3.8) is 0 Å². The third-order valence-electron chi connectivity index (χ3n) is 18.1. The van der Waals surface area contributed by atoms with Crippen LogP contribution in [0.2, 0.25) is 0 Å². The number of nitrogens with one attached hydrogen (secondary N) is 1. The summed E-state index contributed by atoms with van der Waals surface area (Å²) in [5, 5.41) is 121. The van der Waals surface area contributed by atoms with Gasteiger partial charge in [-0.1, -0.05) is 264 Å². The highest BCUT2D eigenvalue weighted by Gasteiger charge is 2.53. The highest BCUT2D eigenvalue weighted by Crippen LogP contribution is 2.33. The highest BCUT2D eigenvalue weighted by atomic mass is 16.8. The average Bonchev–Trinajstić information content (AvgIpc) is 0.790. The number of aliphatic hydroxyl groups is 11. The van der Waals surface area contributed by atoms with Crippen LogP contribution in [0.5, 0.6) is 0 Å². The van der Waals surface area contributed by atoms with Gasteiger partial charge in [0.1, 0.15) is 73.2 Å². The average molecular weight is 1370 g/mol. The molecule has 0 bridgehead atoms. The second-order valence-corrected chi connectivity index (χ2v) is 26.4. The molecule has 17 unspecified atom stereocenters. The van der Waals surface area contributed by atoms with Crippen molar-refractivity contribution in [3.05, 3.63) is 109 Å². The highest BCUT2D eigenvalue weighted by molar-refractivity contribution is 5.76. The molecule has 3 rings (SSSR count). The fourth-order valence-corrected chi connectivity index (χ4v) is 12.1. The van der Waals surface area contributed by atoms with Gasteiger partial charge in [-0.05, 0) is 83.5 Å². The zero-order valence-corrected chi connectivity index (χ0v) is 59.3. The summed E-state index contributed by atoms with van der Waals surface area (Å²) in [6, 6.07) is -0.892. The minimum Gasteiger partial charge on any atom is -0.394 e. The van der Waals surface area contributed by atoms with Crippen molar-refractivity contribution in [3.8, 4) is 0 Å². The molecule has 0 radical (unpaired) electrons. The SMILES string of the molecule is CC/C=C\C/C=C\C/C=C\C/C=C\C/C=C\C/C=C\C/C=C\C/C=C\C/C=C\CCCCCCCCCCCCCCCC(=O)NC(COC1OC(CO)C(OC2OC(CO)C(OC3OC(CO)C(O)C(O)C3O)C(O)C2O)C(O)C1O)C(O)CCCCCCCCCCCCC. The number of hydrogen-bond acceptors (Lipinski definition) is 18. The standard InChI is InChI=1S/C78H133NO18/c1-3-5-7-9-11-13-15-16-17-18-19-20-21-22-23-24-25-26-27-28-29-30-31-32-33-34-35-36-37-38-39-40-41-42-43-44-46-48-50-52-54-56-66(84)79-61(62(83)55-53-51-49-47-45-14-12-10-8-6-4-2)60-92-76-72(90)69(87)74(64(58-81)94-76)97-78-73(91)70(88)75(65(59-82)95-78)96-77-71(89)68(86)67(85)63(57-80)93-77/h5,7,11,13,16-17,19-20,22-23,25-26,28-29,31-32,34-35,61-65,67-78,80-83,85-91H,3-4,6,8-10,12,14-15,18,21,24,27,30,33,36-60H2,1-2H3,(H,79,84)/b7-5-,13-11-,17-16-,20-19-,23-22-,26-25-,29-28-,32-31-,35-34-. The van der Waals surface area contributed by atoms with Crippen LogP contribution in [0, 0.1) is 0 Å². The second kappa shape index (κ2) is 58.0. The van der Waals surface area contributed by atoms with Crippen LogP contribution in [0.25, 0.3) is 0 Å². The van der Waals surface area contributed by atoms with Gasteiger partial charge in [0.15, 0.2) is 18.9 Å². The van der Waals surface area contributed by atoms with Crippen molar-refractivity contribution in [2.75, 3.05) is 26.4 Å². The molecule has 3 fully saturated rings. The Hall–Kier alpha value is -3.55. The van der Waals surface area contributed by atoms with Crippen molar-refractivity contribution < 1.29 is 89.4 Å². The van der Waals surface area contributed by atoms with E-state index >= 15 is 0 Å². The quantitative estimate of drug-likeness (QED) is 0.0199. The first-order chi connectivity index (χ1) is 47.3. The number of carbonyl (C=O) groups is 1. The minimum absolute atomic E-state index is 0.249. The smallest absolute Gasteiger partial charge is 0.220 e. The molecule has 0 aliphatic carbocycles. The third kappa shape index (κ3) is 38.9. The van der Waals surface area contributed by atoms with Gasteiger partial charge in [0.05, 0.1) is 38.6 Å². The number of rotatable bonds is 57. The van der Waals surface area contributed by atoms with Crippen molar-refractivity contribution in [2.24, 2.45) is 0 Å². The lowest BCUT2D eigenvalue weighted by atomic mass is 9.96. The van der Waals surface area contributed by atoms with Crippen LogP contribution in [0.15, 0.2) is 109 Å². The summed E-state index contributed by atoms with van der Waals surface area (Å²) in [5.41, 5.74) is 0. The zero-order chi connectivity index (χ0) is 70.4. The van der Waals surface area contributed by atoms with E-state index in [-0.39, 0.29) is 18.9 Å². The Labute approximate surface area is 583 Å². The molecule has 19 heteroatoms. The first kappa shape index (κ1) is 87.7. The number of allylic oxidation sites excluding steroid dienone is 18. The van der Waals surface area contributed by atoms with Crippen LogP contribution in [0.1, 0.15) is 245 Å². The van der Waals surface area contributed by atoms with Gasteiger partial charge in [-0.2, -0.15) is 0 Å². The molecule has 558 valence electrons. The molecular formula is C78H133NO18. The van der Waals surface area contributed by atoms with Crippen molar-refractivity contribution in [2.45, 2.75) is 349 Å². The Kier molecular flexibility index (Phi) is 52.4. The predicted molar refractivity (Wildman–Crippen MR) is 383 cm³/mol. The molecule has 12 N–H and O–H groups in total. The van der Waals surface area contributed by atoms with E-state index < -0.39 is 124 Å². The molecule has 17 atom stereocenters. The van der Waals surface area contributed by atoms with E-state index in [0.717, 1.165) is 109 Å². The fraction of sp³-hybridized carbons (Fsp3) is 0.756. The molecule has 19 nitrogen and oxygen atoms in total. The predicted octanol–water partition coefficient (Wildman–Crippen LogP) is 11.4. The summed E-state index contributed by atoms with van der Waals surface area (Å²) in [5.74, 6) is -0.249. The number of amides is 1. The molecule has 3 aliphatic rings. The monoisotopic (exact) mass is 1370 g/mol. The van der Waals surface area contributed by atoms with Gasteiger partial charge in [0.25, 0.3) is 0 Å². The van der Waals surface area contributed by atoms with E-state index in [1.54, 1.807) is 0 Å². The molecule has 3 saturated heterocycles. The summed E-state index contributed by atoms with van der Waals surface area (Å²) in [6.45, 7) is 1.66. The lowest BCUT2D eigenvalue weighted by Gasteiger charge is -2.48. The molecule has 97 heavy (non-hydrogen) atoms. The maximum Gasteiger partial charge on any atom is 0.220 e. The summed E-state index contributed by atoms with van der Waals surface area (Å²) in [6.07, 6.45) is 52.0. The van der Waals surface area contributed by atoms with Crippen molar-refractivity contribution >= 4 is 5.91 Å². The van der Waals surface area contributed by atoms with Crippen LogP contribution >= 0.6 is 0 Å². The molecule has 3 aliphatic heterocycles. The van der Waals surface area contributed by atoms with E-state index in [0.29, 0.717) is 12.8 Å². The Bertz CT molecular complexity index is 2180. The molecule has 0 spiro atoms. The van der Waals surface area contributed by atoms with E-state index in [1.807, 2.05) is 0 Å². The van der Waals surface area contributed by atoms with Gasteiger partial charge in [-0.15, -0.1) is 0 Å². The number of ether oxygens (including phenoxy) is 6. The van der Waals surface area contributed by atoms with Gasteiger partial charge < -0.3 is 89.9 Å². The van der Waals surface area contributed by atoms with Gasteiger partial charge in [0.2, 0.25) is 5.91 Å². The summed E-state index contributed by atoms with van der Waals surface area (Å²) < 4.78 is 34.4. The Morgan fingerprint density at radius 1 is 0.381 bits per heavy atom. The van der Waals surface area contributed by atoms with Gasteiger partial charge >= 0.3 is 0 Å². The largest absolute Gasteiger partial charge is 0.394 e. The third-order valence-corrected chi connectivity index (χ3v) is 18.1. The molecule has 3 heterocycles. The first-order valence-electron chi connectivity index (χ1n) is 37.6. The van der Waals surface area contributed by atoms with E-state index in [9.17, 15) is 61.0 Å². The van der Waals surface area contributed by atoms with Crippen LogP contribution in [-0.2, 0) is 33.2 Å². The van der Waals surface area contributed by atoms with Crippen LogP contribution in [0.3, 0.4) is 0 Å². The number of aliphatic hydroxyl groups excluding tert-OH is 11. The zero-order valence-electron chi connectivity index (χ0n) is 59.3. The van der Waals surface area contributed by atoms with Gasteiger partial charge in [-0.25, -0.2) is 0 Å². The Balaban J connectivity index is 1.29. The molecule has 0 saturated carbocycles. The lowest BCUT2D eigenvalue weighted by Crippen LogP contribution is -2.66. The first-order valence-corrected chi connectivity index (χ1v) is 37.6. The van der Waals surface area contributed by atoms with Crippen LogP contribution < -0.4 is 5.32 Å². The Morgan fingerprint density at radius 2 is 0.711 bits per heavy atom. The topological polar surface area (TPSA) is 307 Å². The summed E-state index contributed by atoms with van der Waals surface area (Å²) in [4.78, 5) is 13.4. The van der Waals surface area contributed by atoms with Crippen molar-refractivity contribution in [1.82, 2.24) is 5.32 Å². The molecular weight excluding hydrogens is 1240 g/mol. The molecule has 0 aromatic carbocycles. The van der Waals surface area contributed by atoms with Crippen LogP contribution in [-0.4, -0.2) is 193 Å². The number of unbranched alkanes of at least 4 members (excludes halogenated alkanes) is 23. The van der Waals surface area contributed by atoms with E-state index in [1.165, 1.54) is 103 Å². The summed E-state index contributed by atoms with van der Waals surface area (Å²) >= 11 is 0. The second-order valence-electron chi connectivity index (χ2n) is 26.4. The van der Waals surface area contributed by atoms with E-state index in [4.69, 9.17) is 28.4 Å². The summed E-state index contributed by atoms with van der Waals surface area (Å²) in [7, 11) is 0. The Morgan fingerprint density at radius 3 is 1.11 bits per heavy atom. The van der Waals surface area contributed by atoms with Crippen LogP contribution in [0.4, 0.5) is 0 Å². The number of carbonyl (C=O) groups excluding carboxylic acids is 1. The fourth-order valence-electron chi connectivity index (χ4n) is 12.1. The maximum absolute atomic E-state index is 13.4. The molecule has 0 aromatic heterocycles. The molecule has 0 aromatic rings. The maximum atomic E-state index is 13.4. The normalized spacial score (nSPS) is 27.5. The minimum atomic E-state index is -1.98.